The molecule has 0 amide bonds. The van der Waals surface area contributed by atoms with Crippen molar-refractivity contribution in [1.29, 1.82) is 0 Å². The van der Waals surface area contributed by atoms with Crippen molar-refractivity contribution in [2.45, 2.75) is 20.0 Å². The molecule has 0 fully saturated rings. The van der Waals surface area contributed by atoms with Crippen LogP contribution in [0.15, 0.2) is 30.5 Å². The SMILES string of the molecule is CC(C)Oc1ccc2ccnc(NN)c2c1. The minimum atomic E-state index is 0.156. The first-order valence-corrected chi connectivity index (χ1v) is 5.23. The third kappa shape index (κ3) is 2.06. The summed E-state index contributed by atoms with van der Waals surface area (Å²) in [5.41, 5.74) is 2.58. The summed E-state index contributed by atoms with van der Waals surface area (Å²) in [5.74, 6) is 6.90. The Labute approximate surface area is 94.4 Å². The second kappa shape index (κ2) is 4.37. The monoisotopic (exact) mass is 217 g/mol. The van der Waals surface area contributed by atoms with Crippen LogP contribution < -0.4 is 16.0 Å². The van der Waals surface area contributed by atoms with Gasteiger partial charge in [-0.2, -0.15) is 0 Å². The van der Waals surface area contributed by atoms with E-state index in [9.17, 15) is 0 Å². The van der Waals surface area contributed by atoms with Gasteiger partial charge in [0.2, 0.25) is 0 Å². The van der Waals surface area contributed by atoms with E-state index in [4.69, 9.17) is 10.6 Å². The Morgan fingerprint density at radius 3 is 2.81 bits per heavy atom. The van der Waals surface area contributed by atoms with Crippen molar-refractivity contribution in [3.05, 3.63) is 30.5 Å². The summed E-state index contributed by atoms with van der Waals surface area (Å²) < 4.78 is 5.63. The predicted octanol–water partition coefficient (Wildman–Crippen LogP) is 2.31. The minimum Gasteiger partial charge on any atom is -0.491 e. The molecule has 1 aromatic carbocycles. The standard InChI is InChI=1S/C12H15N3O/c1-8(2)16-10-4-3-9-5-6-14-12(15-13)11(9)7-10/h3-8H,13H2,1-2H3,(H,14,15). The molecule has 0 aliphatic heterocycles. The number of nitrogens with two attached hydrogens (primary N) is 1. The highest BCUT2D eigenvalue weighted by atomic mass is 16.5. The highest BCUT2D eigenvalue weighted by molar-refractivity contribution is 5.92. The van der Waals surface area contributed by atoms with E-state index in [1.54, 1.807) is 6.20 Å². The number of anilines is 1. The first-order valence-electron chi connectivity index (χ1n) is 5.23. The summed E-state index contributed by atoms with van der Waals surface area (Å²) in [7, 11) is 0. The van der Waals surface area contributed by atoms with E-state index in [1.165, 1.54) is 0 Å². The molecule has 2 rings (SSSR count). The van der Waals surface area contributed by atoms with Crippen molar-refractivity contribution in [2.75, 3.05) is 5.43 Å². The number of nitrogens with zero attached hydrogens (tertiary/aromatic N) is 1. The van der Waals surface area contributed by atoms with E-state index in [0.29, 0.717) is 5.82 Å². The summed E-state index contributed by atoms with van der Waals surface area (Å²) in [5, 5.41) is 2.04. The maximum absolute atomic E-state index is 5.63. The first-order chi connectivity index (χ1) is 7.70. The smallest absolute Gasteiger partial charge is 0.147 e. The lowest BCUT2D eigenvalue weighted by atomic mass is 10.1. The van der Waals surface area contributed by atoms with Gasteiger partial charge in [0, 0.05) is 11.6 Å². The van der Waals surface area contributed by atoms with Gasteiger partial charge in [-0.15, -0.1) is 0 Å². The lowest BCUT2D eigenvalue weighted by molar-refractivity contribution is 0.243. The second-order valence-electron chi connectivity index (χ2n) is 3.85. The summed E-state index contributed by atoms with van der Waals surface area (Å²) in [4.78, 5) is 4.15. The Kier molecular flexibility index (Phi) is 2.92. The predicted molar refractivity (Wildman–Crippen MR) is 65.3 cm³/mol. The van der Waals surface area contributed by atoms with Gasteiger partial charge < -0.3 is 10.2 Å². The van der Waals surface area contributed by atoms with Crippen molar-refractivity contribution in [3.8, 4) is 5.75 Å². The second-order valence-corrected chi connectivity index (χ2v) is 3.85. The first kappa shape index (κ1) is 10.7. The molecule has 4 nitrogen and oxygen atoms in total. The zero-order chi connectivity index (χ0) is 11.5. The summed E-state index contributed by atoms with van der Waals surface area (Å²) >= 11 is 0. The molecular weight excluding hydrogens is 202 g/mol. The Hall–Kier alpha value is -1.81. The molecule has 0 unspecified atom stereocenters. The van der Waals surface area contributed by atoms with Crippen LogP contribution in [0.4, 0.5) is 5.82 Å². The van der Waals surface area contributed by atoms with Crippen LogP contribution in [0.25, 0.3) is 10.8 Å². The van der Waals surface area contributed by atoms with E-state index in [1.807, 2.05) is 38.1 Å². The third-order valence-corrected chi connectivity index (χ3v) is 2.25. The molecule has 0 radical (unpaired) electrons. The van der Waals surface area contributed by atoms with Gasteiger partial charge in [0.15, 0.2) is 0 Å². The number of fused-ring (bicyclic) bond motifs is 1. The van der Waals surface area contributed by atoms with E-state index in [-0.39, 0.29) is 6.10 Å². The van der Waals surface area contributed by atoms with Crippen LogP contribution in [0.5, 0.6) is 5.75 Å². The average Bonchev–Trinajstić information content (AvgIpc) is 2.27. The zero-order valence-corrected chi connectivity index (χ0v) is 9.40. The lowest BCUT2D eigenvalue weighted by Gasteiger charge is -2.11. The van der Waals surface area contributed by atoms with Gasteiger partial charge in [0.1, 0.15) is 11.6 Å². The van der Waals surface area contributed by atoms with Gasteiger partial charge in [-0.25, -0.2) is 10.8 Å². The molecule has 0 saturated heterocycles. The number of hydrogen-bond acceptors (Lipinski definition) is 4. The van der Waals surface area contributed by atoms with Crippen molar-refractivity contribution >= 4 is 16.6 Å². The van der Waals surface area contributed by atoms with Gasteiger partial charge in [-0.05, 0) is 37.4 Å². The van der Waals surface area contributed by atoms with Crippen LogP contribution in [0, 0.1) is 0 Å². The van der Waals surface area contributed by atoms with Crippen LogP contribution in [-0.4, -0.2) is 11.1 Å². The van der Waals surface area contributed by atoms with Crippen molar-refractivity contribution in [1.82, 2.24) is 4.98 Å². The Morgan fingerprint density at radius 1 is 1.31 bits per heavy atom. The molecule has 0 aliphatic rings. The van der Waals surface area contributed by atoms with E-state index in [2.05, 4.69) is 10.4 Å². The van der Waals surface area contributed by atoms with Crippen molar-refractivity contribution < 1.29 is 4.74 Å². The fourth-order valence-corrected chi connectivity index (χ4v) is 1.61. The molecule has 0 aliphatic carbocycles. The Morgan fingerprint density at radius 2 is 2.12 bits per heavy atom. The quantitative estimate of drug-likeness (QED) is 0.611. The fraction of sp³-hybridized carbons (Fsp3) is 0.250. The summed E-state index contributed by atoms with van der Waals surface area (Å²) in [6.45, 7) is 3.99. The molecular formula is C12H15N3O. The number of hydrazine groups is 1. The number of nitrogen functional groups attached to an aromatic ring is 1. The van der Waals surface area contributed by atoms with Gasteiger partial charge in [0.05, 0.1) is 6.10 Å². The van der Waals surface area contributed by atoms with E-state index < -0.39 is 0 Å². The lowest BCUT2D eigenvalue weighted by Crippen LogP contribution is -2.09. The number of hydrogen-bond donors (Lipinski definition) is 2. The summed E-state index contributed by atoms with van der Waals surface area (Å²) in [6.07, 6.45) is 1.88. The van der Waals surface area contributed by atoms with Gasteiger partial charge in [0.25, 0.3) is 0 Å². The van der Waals surface area contributed by atoms with E-state index >= 15 is 0 Å². The molecule has 0 spiro atoms. The molecule has 1 aromatic heterocycles. The molecule has 3 N–H and O–H groups in total. The maximum atomic E-state index is 5.63. The number of benzene rings is 1. The van der Waals surface area contributed by atoms with Crippen LogP contribution >= 0.6 is 0 Å². The molecule has 0 bridgehead atoms. The third-order valence-electron chi connectivity index (χ3n) is 2.25. The molecule has 0 atom stereocenters. The topological polar surface area (TPSA) is 60.2 Å². The maximum Gasteiger partial charge on any atom is 0.147 e. The largest absolute Gasteiger partial charge is 0.491 e. The van der Waals surface area contributed by atoms with Crippen LogP contribution in [0.1, 0.15) is 13.8 Å². The van der Waals surface area contributed by atoms with Crippen LogP contribution in [0.2, 0.25) is 0 Å². The number of aromatic nitrogens is 1. The average molecular weight is 217 g/mol. The minimum absolute atomic E-state index is 0.156. The van der Waals surface area contributed by atoms with Gasteiger partial charge in [-0.3, -0.25) is 0 Å². The highest BCUT2D eigenvalue weighted by Gasteiger charge is 2.03. The zero-order valence-electron chi connectivity index (χ0n) is 9.40. The van der Waals surface area contributed by atoms with Crippen LogP contribution in [-0.2, 0) is 0 Å². The van der Waals surface area contributed by atoms with Crippen molar-refractivity contribution in [3.63, 3.8) is 0 Å². The summed E-state index contributed by atoms with van der Waals surface area (Å²) in [6, 6.07) is 7.82. The molecule has 0 saturated carbocycles. The highest BCUT2D eigenvalue weighted by Crippen LogP contribution is 2.25. The number of pyridine rings is 1. The molecule has 2 aromatic rings. The number of rotatable bonds is 3. The van der Waals surface area contributed by atoms with Gasteiger partial charge >= 0.3 is 0 Å². The number of nitrogens with one attached hydrogen (secondary N) is 1. The molecule has 16 heavy (non-hydrogen) atoms. The van der Waals surface area contributed by atoms with Crippen molar-refractivity contribution in [2.24, 2.45) is 5.84 Å². The van der Waals surface area contributed by atoms with E-state index in [0.717, 1.165) is 16.5 Å². The molecule has 1 heterocycles. The normalized spacial score (nSPS) is 10.8. The fourth-order valence-electron chi connectivity index (χ4n) is 1.61. The van der Waals surface area contributed by atoms with Crippen LogP contribution in [0.3, 0.4) is 0 Å². The Balaban J connectivity index is 2.50. The molecule has 4 heteroatoms. The Bertz CT molecular complexity index is 497. The molecule has 84 valence electrons. The van der Waals surface area contributed by atoms with Gasteiger partial charge in [-0.1, -0.05) is 6.07 Å². The number of ether oxygens (including phenoxy) is 1.